The molecule has 0 atom stereocenters. The highest BCUT2D eigenvalue weighted by Gasteiger charge is 2.40. The Labute approximate surface area is 119 Å². The summed E-state index contributed by atoms with van der Waals surface area (Å²) in [6.45, 7) is 0. The number of rotatable bonds is 2. The van der Waals surface area contributed by atoms with E-state index in [0.717, 1.165) is 19.3 Å². The predicted octanol–water partition coefficient (Wildman–Crippen LogP) is 4.00. The average molecular weight is 325 g/mol. The van der Waals surface area contributed by atoms with E-state index >= 15 is 0 Å². The minimum absolute atomic E-state index is 0.111. The molecule has 1 aromatic rings. The number of nitrogens with zero attached hydrogens (tertiary/aromatic N) is 1. The number of nitriles is 1. The molecule has 5 heteroatoms. The van der Waals surface area contributed by atoms with Crippen LogP contribution in [0.5, 0.6) is 0 Å². The first-order valence-electron chi connectivity index (χ1n) is 6.25. The van der Waals surface area contributed by atoms with E-state index < -0.39 is 17.1 Å². The molecule has 1 saturated carbocycles. The van der Waals surface area contributed by atoms with E-state index in [1.54, 1.807) is 6.07 Å². The number of carbonyl (C=O) groups excluding carboxylic acids is 1. The number of nitrogens with one attached hydrogen (secondary N) is 1. The van der Waals surface area contributed by atoms with E-state index in [4.69, 9.17) is 0 Å². The number of hydrogen-bond acceptors (Lipinski definition) is 2. The van der Waals surface area contributed by atoms with Gasteiger partial charge in [-0.25, -0.2) is 4.39 Å². The fourth-order valence-electron chi connectivity index (χ4n) is 2.38. The summed E-state index contributed by atoms with van der Waals surface area (Å²) in [7, 11) is 0. The molecule has 0 bridgehead atoms. The highest BCUT2D eigenvalue weighted by Crippen LogP contribution is 2.37. The molecule has 0 aromatic heterocycles. The fourth-order valence-corrected chi connectivity index (χ4v) is 2.74. The Bertz CT molecular complexity index is 533. The summed E-state index contributed by atoms with van der Waals surface area (Å²) in [4.78, 5) is 12.3. The van der Waals surface area contributed by atoms with Crippen LogP contribution in [0.15, 0.2) is 22.7 Å². The topological polar surface area (TPSA) is 52.9 Å². The summed E-state index contributed by atoms with van der Waals surface area (Å²) >= 11 is 3.23. The van der Waals surface area contributed by atoms with E-state index in [1.165, 1.54) is 12.1 Å². The monoisotopic (exact) mass is 324 g/mol. The third-order valence-electron chi connectivity index (χ3n) is 3.53. The molecule has 0 unspecified atom stereocenters. The molecular formula is C14H14BrFN2O. The summed E-state index contributed by atoms with van der Waals surface area (Å²) in [5.41, 5.74) is -0.896. The van der Waals surface area contributed by atoms with Crippen molar-refractivity contribution in [2.75, 3.05) is 5.32 Å². The Morgan fingerprint density at radius 1 is 1.37 bits per heavy atom. The van der Waals surface area contributed by atoms with Crippen molar-refractivity contribution >= 4 is 27.5 Å². The van der Waals surface area contributed by atoms with Crippen molar-refractivity contribution in [2.45, 2.75) is 32.1 Å². The second-order valence-corrected chi connectivity index (χ2v) is 5.75. The lowest BCUT2D eigenvalue weighted by molar-refractivity contribution is -0.124. The fraction of sp³-hybridized carbons (Fsp3) is 0.429. The first-order chi connectivity index (χ1) is 9.07. The van der Waals surface area contributed by atoms with Gasteiger partial charge in [0.05, 0.1) is 11.8 Å². The average Bonchev–Trinajstić information content (AvgIpc) is 2.43. The zero-order valence-corrected chi connectivity index (χ0v) is 12.0. The molecule has 0 saturated heterocycles. The van der Waals surface area contributed by atoms with Gasteiger partial charge in [-0.3, -0.25) is 4.79 Å². The number of anilines is 1. The van der Waals surface area contributed by atoms with Gasteiger partial charge >= 0.3 is 0 Å². The van der Waals surface area contributed by atoms with E-state index in [0.29, 0.717) is 17.3 Å². The highest BCUT2D eigenvalue weighted by molar-refractivity contribution is 9.10. The molecule has 0 heterocycles. The van der Waals surface area contributed by atoms with Crippen LogP contribution in [0.1, 0.15) is 32.1 Å². The van der Waals surface area contributed by atoms with Crippen LogP contribution in [0.3, 0.4) is 0 Å². The number of hydrogen-bond donors (Lipinski definition) is 1. The van der Waals surface area contributed by atoms with Crippen LogP contribution in [-0.4, -0.2) is 5.91 Å². The first-order valence-corrected chi connectivity index (χ1v) is 7.04. The smallest absolute Gasteiger partial charge is 0.244 e. The zero-order chi connectivity index (χ0) is 13.9. The van der Waals surface area contributed by atoms with Gasteiger partial charge in [-0.2, -0.15) is 5.26 Å². The lowest BCUT2D eigenvalue weighted by atomic mass is 9.74. The van der Waals surface area contributed by atoms with Crippen LogP contribution >= 0.6 is 15.9 Å². The maximum Gasteiger partial charge on any atom is 0.244 e. The largest absolute Gasteiger partial charge is 0.322 e. The first kappa shape index (κ1) is 14.0. The number of benzene rings is 1. The molecule has 100 valence electrons. The molecule has 0 radical (unpaired) electrons. The van der Waals surface area contributed by atoms with Gasteiger partial charge in [0.25, 0.3) is 0 Å². The molecule has 1 aliphatic rings. The van der Waals surface area contributed by atoms with Gasteiger partial charge in [0, 0.05) is 4.47 Å². The highest BCUT2D eigenvalue weighted by atomic mass is 79.9. The van der Waals surface area contributed by atoms with Gasteiger partial charge in [-0.15, -0.1) is 0 Å². The lowest BCUT2D eigenvalue weighted by Gasteiger charge is -2.29. The molecule has 3 nitrogen and oxygen atoms in total. The van der Waals surface area contributed by atoms with E-state index in [9.17, 15) is 14.4 Å². The number of amides is 1. The van der Waals surface area contributed by atoms with Crippen LogP contribution in [0.4, 0.5) is 10.1 Å². The van der Waals surface area contributed by atoms with Gasteiger partial charge in [-0.05, 0) is 31.0 Å². The SMILES string of the molecule is N#CC1(C(=O)Nc2cc(Br)ccc2F)CCCCC1. The Morgan fingerprint density at radius 3 is 2.68 bits per heavy atom. The van der Waals surface area contributed by atoms with Gasteiger partial charge in [-0.1, -0.05) is 35.2 Å². The van der Waals surface area contributed by atoms with Crippen molar-refractivity contribution in [2.24, 2.45) is 5.41 Å². The lowest BCUT2D eigenvalue weighted by Crippen LogP contribution is -2.37. The van der Waals surface area contributed by atoms with E-state index in [2.05, 4.69) is 27.3 Å². The van der Waals surface area contributed by atoms with Crippen molar-refractivity contribution in [3.63, 3.8) is 0 Å². The molecule has 19 heavy (non-hydrogen) atoms. The maximum atomic E-state index is 13.6. The van der Waals surface area contributed by atoms with Crippen LogP contribution < -0.4 is 5.32 Å². The van der Waals surface area contributed by atoms with Crippen LogP contribution in [0.25, 0.3) is 0 Å². The van der Waals surface area contributed by atoms with Crippen molar-refractivity contribution in [3.05, 3.63) is 28.5 Å². The molecule has 1 aliphatic carbocycles. The van der Waals surface area contributed by atoms with Crippen LogP contribution in [0.2, 0.25) is 0 Å². The summed E-state index contributed by atoms with van der Waals surface area (Å²) in [6, 6.07) is 6.46. The van der Waals surface area contributed by atoms with Crippen molar-refractivity contribution in [3.8, 4) is 6.07 Å². The Balaban J connectivity index is 2.20. The van der Waals surface area contributed by atoms with E-state index in [1.807, 2.05) is 0 Å². The number of carbonyl (C=O) groups is 1. The molecule has 1 N–H and O–H groups in total. The molecule has 2 rings (SSSR count). The third-order valence-corrected chi connectivity index (χ3v) is 4.03. The Morgan fingerprint density at radius 2 is 2.05 bits per heavy atom. The summed E-state index contributed by atoms with van der Waals surface area (Å²) in [5.74, 6) is -0.896. The minimum atomic E-state index is -1.01. The van der Waals surface area contributed by atoms with Gasteiger partial charge in [0.15, 0.2) is 0 Å². The molecule has 0 spiro atoms. The number of halogens is 2. The molecule has 1 amide bonds. The second kappa shape index (κ2) is 5.70. The van der Waals surface area contributed by atoms with Gasteiger partial charge < -0.3 is 5.32 Å². The molecule has 1 fully saturated rings. The normalized spacial score (nSPS) is 17.5. The van der Waals surface area contributed by atoms with Gasteiger partial charge in [0.2, 0.25) is 5.91 Å². The van der Waals surface area contributed by atoms with Crippen molar-refractivity contribution in [1.29, 1.82) is 5.26 Å². The maximum absolute atomic E-state index is 13.6. The van der Waals surface area contributed by atoms with Crippen molar-refractivity contribution in [1.82, 2.24) is 0 Å². The van der Waals surface area contributed by atoms with Crippen molar-refractivity contribution < 1.29 is 9.18 Å². The van der Waals surface area contributed by atoms with Crippen LogP contribution in [0, 0.1) is 22.6 Å². The van der Waals surface area contributed by atoms with E-state index in [-0.39, 0.29) is 5.69 Å². The molecule has 0 aliphatic heterocycles. The summed E-state index contributed by atoms with van der Waals surface area (Å²) < 4.78 is 14.3. The zero-order valence-electron chi connectivity index (χ0n) is 10.4. The third kappa shape index (κ3) is 2.95. The second-order valence-electron chi connectivity index (χ2n) is 4.83. The Hall–Kier alpha value is -1.41. The quantitative estimate of drug-likeness (QED) is 0.893. The predicted molar refractivity (Wildman–Crippen MR) is 73.9 cm³/mol. The Kier molecular flexibility index (Phi) is 4.20. The van der Waals surface area contributed by atoms with Crippen LogP contribution in [-0.2, 0) is 4.79 Å². The molecule has 1 aromatic carbocycles. The standard InChI is InChI=1S/C14H14BrFN2O/c15-10-4-5-11(16)12(8-10)18-13(19)14(9-17)6-2-1-3-7-14/h4-5,8H,1-3,6-7H2,(H,18,19). The summed E-state index contributed by atoms with van der Waals surface area (Å²) in [6.07, 6.45) is 3.86. The summed E-state index contributed by atoms with van der Waals surface area (Å²) in [5, 5.41) is 11.8. The minimum Gasteiger partial charge on any atom is -0.322 e. The van der Waals surface area contributed by atoms with Gasteiger partial charge in [0.1, 0.15) is 11.2 Å². The molecular weight excluding hydrogens is 311 g/mol.